The normalized spacial score (nSPS) is 14.7. The molecule has 156 valence electrons. The van der Waals surface area contributed by atoms with Gasteiger partial charge in [-0.15, -0.1) is 0 Å². The predicted molar refractivity (Wildman–Crippen MR) is 121 cm³/mol. The Balaban J connectivity index is 1.69. The zero-order chi connectivity index (χ0) is 21.9. The van der Waals surface area contributed by atoms with Crippen LogP contribution in [0, 0.1) is 16.4 Å². The van der Waals surface area contributed by atoms with Crippen LogP contribution in [0.4, 0.5) is 10.2 Å². The van der Waals surface area contributed by atoms with Gasteiger partial charge in [0.2, 0.25) is 5.91 Å². The van der Waals surface area contributed by atoms with Gasteiger partial charge in [0.1, 0.15) is 26.9 Å². The van der Waals surface area contributed by atoms with Crippen LogP contribution in [0.25, 0.3) is 22.6 Å². The van der Waals surface area contributed by atoms with E-state index in [1.807, 2.05) is 13.8 Å². The molecular weight excluding hydrogens is 512 g/mol. The minimum atomic E-state index is -0.711. The van der Waals surface area contributed by atoms with E-state index in [9.17, 15) is 9.18 Å². The van der Waals surface area contributed by atoms with E-state index in [0.29, 0.717) is 43.5 Å². The Morgan fingerprint density at radius 3 is 2.74 bits per heavy atom. The number of amides is 1. The molecule has 1 aliphatic rings. The second-order valence-corrected chi connectivity index (χ2v) is 8.91. The number of aromatic nitrogens is 6. The lowest BCUT2D eigenvalue weighted by Crippen LogP contribution is -2.27. The standard InChI is InChI=1S/C21H17FIN7O/c1-10-24-8-12-15(18-26-16(23)14-17(27-18)28-20(31)21(14,2)3)29-30(19(12)25-10)9-11-6-4-5-7-13(11)22/h4-8H,9H2,1-3H3,(H,26,27,28,31). The number of carbonyl (C=O) groups is 1. The van der Waals surface area contributed by atoms with E-state index in [4.69, 9.17) is 0 Å². The van der Waals surface area contributed by atoms with Gasteiger partial charge in [0.05, 0.1) is 17.3 Å². The maximum Gasteiger partial charge on any atom is 0.235 e. The number of nitrogens with one attached hydrogen (secondary N) is 1. The second kappa shape index (κ2) is 7.01. The molecule has 1 aliphatic heterocycles. The highest BCUT2D eigenvalue weighted by Crippen LogP contribution is 2.40. The molecule has 4 aromatic rings. The van der Waals surface area contributed by atoms with Crippen LogP contribution in [0.3, 0.4) is 0 Å². The Hall–Kier alpha value is -3.02. The van der Waals surface area contributed by atoms with Crippen molar-refractivity contribution in [2.45, 2.75) is 32.7 Å². The maximum absolute atomic E-state index is 14.3. The number of benzene rings is 1. The van der Waals surface area contributed by atoms with Crippen molar-refractivity contribution in [1.82, 2.24) is 29.7 Å². The number of hydrogen-bond acceptors (Lipinski definition) is 6. The van der Waals surface area contributed by atoms with Crippen LogP contribution in [-0.2, 0) is 16.8 Å². The van der Waals surface area contributed by atoms with E-state index in [-0.39, 0.29) is 18.3 Å². The van der Waals surface area contributed by atoms with E-state index in [0.717, 1.165) is 5.56 Å². The maximum atomic E-state index is 14.3. The second-order valence-electron chi connectivity index (χ2n) is 7.89. The summed E-state index contributed by atoms with van der Waals surface area (Å²) in [5.41, 5.74) is 1.59. The van der Waals surface area contributed by atoms with Crippen molar-refractivity contribution in [3.8, 4) is 11.5 Å². The van der Waals surface area contributed by atoms with E-state index >= 15 is 0 Å². The van der Waals surface area contributed by atoms with Gasteiger partial charge in [-0.1, -0.05) is 18.2 Å². The molecule has 0 spiro atoms. The highest BCUT2D eigenvalue weighted by molar-refractivity contribution is 14.1. The average Bonchev–Trinajstić information content (AvgIpc) is 3.17. The fourth-order valence-electron chi connectivity index (χ4n) is 3.67. The Morgan fingerprint density at radius 1 is 1.19 bits per heavy atom. The first-order chi connectivity index (χ1) is 14.8. The van der Waals surface area contributed by atoms with Crippen molar-refractivity contribution < 1.29 is 9.18 Å². The summed E-state index contributed by atoms with van der Waals surface area (Å²) in [6.45, 7) is 5.67. The van der Waals surface area contributed by atoms with Crippen molar-refractivity contribution in [3.63, 3.8) is 0 Å². The first-order valence-electron chi connectivity index (χ1n) is 9.59. The van der Waals surface area contributed by atoms with Crippen molar-refractivity contribution >= 4 is 45.3 Å². The molecule has 1 amide bonds. The van der Waals surface area contributed by atoms with Gasteiger partial charge in [-0.05, 0) is 49.4 Å². The van der Waals surface area contributed by atoms with E-state index < -0.39 is 5.41 Å². The number of aryl methyl sites for hydroxylation is 1. The summed E-state index contributed by atoms with van der Waals surface area (Å²) in [4.78, 5) is 30.4. The quantitative estimate of drug-likeness (QED) is 0.322. The monoisotopic (exact) mass is 529 g/mol. The number of nitrogens with zero attached hydrogens (tertiary/aromatic N) is 6. The van der Waals surface area contributed by atoms with E-state index in [1.165, 1.54) is 6.07 Å². The molecule has 31 heavy (non-hydrogen) atoms. The fraction of sp³-hybridized carbons (Fsp3) is 0.238. The minimum absolute atomic E-state index is 0.124. The molecule has 1 N–H and O–H groups in total. The number of rotatable bonds is 3. The third kappa shape index (κ3) is 3.16. The summed E-state index contributed by atoms with van der Waals surface area (Å²) in [5, 5.41) is 8.16. The average molecular weight is 529 g/mol. The third-order valence-corrected chi connectivity index (χ3v) is 6.17. The molecular formula is C21H17FIN7O. The van der Waals surface area contributed by atoms with Gasteiger partial charge in [-0.2, -0.15) is 5.10 Å². The summed E-state index contributed by atoms with van der Waals surface area (Å²) in [6, 6.07) is 6.55. The van der Waals surface area contributed by atoms with Crippen molar-refractivity contribution in [2.75, 3.05) is 5.32 Å². The van der Waals surface area contributed by atoms with E-state index in [2.05, 4.69) is 52.9 Å². The lowest BCUT2D eigenvalue weighted by molar-refractivity contribution is -0.119. The first kappa shape index (κ1) is 19.9. The molecule has 8 nitrogen and oxygen atoms in total. The van der Waals surface area contributed by atoms with Gasteiger partial charge in [0.25, 0.3) is 0 Å². The topological polar surface area (TPSA) is 98.5 Å². The zero-order valence-corrected chi connectivity index (χ0v) is 19.1. The van der Waals surface area contributed by atoms with Crippen molar-refractivity contribution in [3.05, 3.63) is 56.9 Å². The van der Waals surface area contributed by atoms with Crippen LogP contribution in [0.2, 0.25) is 0 Å². The number of halogens is 2. The van der Waals surface area contributed by atoms with Crippen molar-refractivity contribution in [1.29, 1.82) is 0 Å². The molecule has 0 atom stereocenters. The van der Waals surface area contributed by atoms with Crippen LogP contribution < -0.4 is 5.32 Å². The smallest absolute Gasteiger partial charge is 0.235 e. The van der Waals surface area contributed by atoms with Gasteiger partial charge in [0.15, 0.2) is 11.5 Å². The molecule has 0 radical (unpaired) electrons. The fourth-order valence-corrected chi connectivity index (χ4v) is 4.83. The summed E-state index contributed by atoms with van der Waals surface area (Å²) in [6.07, 6.45) is 1.67. The molecule has 0 saturated carbocycles. The van der Waals surface area contributed by atoms with Gasteiger partial charge >= 0.3 is 0 Å². The van der Waals surface area contributed by atoms with Crippen LogP contribution in [0.5, 0.6) is 0 Å². The Bertz CT molecular complexity index is 1380. The molecule has 0 fully saturated rings. The molecule has 3 aromatic heterocycles. The molecule has 0 aliphatic carbocycles. The number of carbonyl (C=O) groups excluding carboxylic acids is 1. The largest absolute Gasteiger partial charge is 0.310 e. The number of anilines is 1. The van der Waals surface area contributed by atoms with Gasteiger partial charge in [-0.25, -0.2) is 29.0 Å². The summed E-state index contributed by atoms with van der Waals surface area (Å²) in [5.74, 6) is 0.972. The van der Waals surface area contributed by atoms with Gasteiger partial charge < -0.3 is 5.32 Å². The molecule has 4 heterocycles. The summed E-state index contributed by atoms with van der Waals surface area (Å²) >= 11 is 2.11. The third-order valence-electron chi connectivity index (χ3n) is 5.39. The van der Waals surface area contributed by atoms with E-state index in [1.54, 1.807) is 36.0 Å². The Labute approximate surface area is 190 Å². The van der Waals surface area contributed by atoms with Gasteiger partial charge in [-0.3, -0.25) is 4.79 Å². The van der Waals surface area contributed by atoms with Crippen molar-refractivity contribution in [2.24, 2.45) is 0 Å². The SMILES string of the molecule is Cc1ncc2c(-c3nc(I)c4c(n3)NC(=O)C4(C)C)nn(Cc3ccccc3F)c2n1. The summed E-state index contributed by atoms with van der Waals surface area (Å²) in [7, 11) is 0. The van der Waals surface area contributed by atoms with Crippen LogP contribution in [0.15, 0.2) is 30.5 Å². The molecule has 0 saturated heterocycles. The zero-order valence-electron chi connectivity index (χ0n) is 16.9. The Kier molecular flexibility index (Phi) is 4.50. The van der Waals surface area contributed by atoms with Crippen LogP contribution in [0.1, 0.15) is 30.8 Å². The summed E-state index contributed by atoms with van der Waals surface area (Å²) < 4.78 is 16.6. The molecule has 0 unspecified atom stereocenters. The van der Waals surface area contributed by atoms with Crippen LogP contribution >= 0.6 is 22.6 Å². The molecule has 0 bridgehead atoms. The Morgan fingerprint density at radius 2 is 1.97 bits per heavy atom. The van der Waals surface area contributed by atoms with Gasteiger partial charge in [0, 0.05) is 17.3 Å². The number of fused-ring (bicyclic) bond motifs is 2. The lowest BCUT2D eigenvalue weighted by Gasteiger charge is -2.15. The molecule has 1 aromatic carbocycles. The molecule has 10 heteroatoms. The molecule has 5 rings (SSSR count). The van der Waals surface area contributed by atoms with Crippen LogP contribution in [-0.4, -0.2) is 35.6 Å². The minimum Gasteiger partial charge on any atom is -0.310 e. The predicted octanol–water partition coefficient (Wildman–Crippen LogP) is 3.61. The highest BCUT2D eigenvalue weighted by atomic mass is 127. The number of hydrogen-bond donors (Lipinski definition) is 1. The highest BCUT2D eigenvalue weighted by Gasteiger charge is 2.42. The lowest BCUT2D eigenvalue weighted by atomic mass is 9.88. The first-order valence-corrected chi connectivity index (χ1v) is 10.7.